The van der Waals surface area contributed by atoms with Gasteiger partial charge in [-0.2, -0.15) is 0 Å². The van der Waals surface area contributed by atoms with Crippen molar-refractivity contribution in [3.05, 3.63) is 56.9 Å². The molecule has 1 aliphatic rings. The van der Waals surface area contributed by atoms with E-state index in [0.717, 1.165) is 34.2 Å². The quantitative estimate of drug-likeness (QED) is 0.458. The second-order valence-electron chi connectivity index (χ2n) is 7.95. The molecule has 0 spiro atoms. The third-order valence-corrected chi connectivity index (χ3v) is 6.55. The first kappa shape index (κ1) is 25.6. The molecule has 1 N–H and O–H groups in total. The van der Waals surface area contributed by atoms with Gasteiger partial charge in [0.15, 0.2) is 11.5 Å². The van der Waals surface area contributed by atoms with Crippen LogP contribution in [0.15, 0.2) is 35.2 Å². The van der Waals surface area contributed by atoms with Crippen molar-refractivity contribution in [3.8, 4) is 11.5 Å². The van der Waals surface area contributed by atoms with Crippen molar-refractivity contribution >= 4 is 52.2 Å². The Morgan fingerprint density at radius 1 is 1.24 bits per heavy atom. The largest absolute Gasteiger partial charge is 0.493 e. The fraction of sp³-hybridized carbons (Fsp3) is 0.320. The summed E-state index contributed by atoms with van der Waals surface area (Å²) in [5.74, 6) is -0.142. The van der Waals surface area contributed by atoms with Gasteiger partial charge in [-0.3, -0.25) is 19.3 Å². The lowest BCUT2D eigenvalue weighted by Crippen LogP contribution is -2.36. The number of anilines is 1. The summed E-state index contributed by atoms with van der Waals surface area (Å²) in [4.78, 5) is 39.1. The summed E-state index contributed by atoms with van der Waals surface area (Å²) in [7, 11) is 1.50. The summed E-state index contributed by atoms with van der Waals surface area (Å²) < 4.78 is 11.3. The molecule has 2 aromatic carbocycles. The third-order valence-electron chi connectivity index (χ3n) is 5.36. The van der Waals surface area contributed by atoms with E-state index in [1.807, 2.05) is 45.9 Å². The zero-order valence-corrected chi connectivity index (χ0v) is 21.3. The van der Waals surface area contributed by atoms with E-state index in [1.54, 1.807) is 18.2 Å². The highest BCUT2D eigenvalue weighted by atomic mass is 35.5. The van der Waals surface area contributed by atoms with Gasteiger partial charge in [0.2, 0.25) is 5.91 Å². The van der Waals surface area contributed by atoms with Gasteiger partial charge in [0, 0.05) is 5.69 Å². The number of rotatable bonds is 8. The standard InChI is InChI=1S/C25H27ClN2O5S/c1-6-16(4)33-23-18(26)10-17(11-19(23)32-5)12-20-24(30)28(25(31)34-20)13-21(29)27-22-14(2)8-7-9-15(22)3/h7-12,16H,6,13H2,1-5H3,(H,27,29)/b20-12-/t16-/m0/s1. The van der Waals surface area contributed by atoms with Crippen LogP contribution in [0.4, 0.5) is 10.5 Å². The molecule has 9 heteroatoms. The Morgan fingerprint density at radius 2 is 1.91 bits per heavy atom. The molecule has 1 saturated heterocycles. The zero-order valence-electron chi connectivity index (χ0n) is 19.7. The minimum Gasteiger partial charge on any atom is -0.493 e. The van der Waals surface area contributed by atoms with E-state index in [-0.39, 0.29) is 17.6 Å². The Morgan fingerprint density at radius 3 is 2.53 bits per heavy atom. The number of carbonyl (C=O) groups is 3. The molecule has 2 aromatic rings. The SMILES string of the molecule is CC[C@H](C)Oc1c(Cl)cc(/C=C2\SC(=O)N(CC(=O)Nc3c(C)cccc3C)C2=O)cc1OC. The number of halogens is 1. The highest BCUT2D eigenvalue weighted by Crippen LogP contribution is 2.39. The average molecular weight is 503 g/mol. The molecule has 3 rings (SSSR count). The number of nitrogens with one attached hydrogen (secondary N) is 1. The second-order valence-corrected chi connectivity index (χ2v) is 9.35. The average Bonchev–Trinajstić information content (AvgIpc) is 3.05. The summed E-state index contributed by atoms with van der Waals surface area (Å²) in [6, 6.07) is 8.98. The van der Waals surface area contributed by atoms with E-state index < -0.39 is 17.1 Å². The number of ether oxygens (including phenoxy) is 2. The van der Waals surface area contributed by atoms with Crippen LogP contribution in [0.2, 0.25) is 5.02 Å². The summed E-state index contributed by atoms with van der Waals surface area (Å²) >= 11 is 7.18. The van der Waals surface area contributed by atoms with Crippen molar-refractivity contribution in [2.24, 2.45) is 0 Å². The molecule has 0 aliphatic carbocycles. The van der Waals surface area contributed by atoms with E-state index in [2.05, 4.69) is 5.32 Å². The molecule has 1 aliphatic heterocycles. The monoisotopic (exact) mass is 502 g/mol. The smallest absolute Gasteiger partial charge is 0.294 e. The first-order valence-corrected chi connectivity index (χ1v) is 12.0. The number of amides is 3. The van der Waals surface area contributed by atoms with Gasteiger partial charge in [0.1, 0.15) is 6.54 Å². The molecule has 1 heterocycles. The first-order chi connectivity index (χ1) is 16.1. The Kier molecular flexibility index (Phi) is 8.28. The zero-order chi connectivity index (χ0) is 25.0. The first-order valence-electron chi connectivity index (χ1n) is 10.8. The van der Waals surface area contributed by atoms with Gasteiger partial charge < -0.3 is 14.8 Å². The van der Waals surface area contributed by atoms with Gasteiger partial charge in [-0.15, -0.1) is 0 Å². The number of carbonyl (C=O) groups excluding carboxylic acids is 3. The molecule has 3 amide bonds. The van der Waals surface area contributed by atoms with Crippen LogP contribution in [0, 0.1) is 13.8 Å². The minimum atomic E-state index is -0.540. The lowest BCUT2D eigenvalue weighted by molar-refractivity contribution is -0.127. The Bertz CT molecular complexity index is 1140. The van der Waals surface area contributed by atoms with Crippen molar-refractivity contribution in [3.63, 3.8) is 0 Å². The van der Waals surface area contributed by atoms with E-state index in [4.69, 9.17) is 21.1 Å². The maximum atomic E-state index is 12.9. The maximum absolute atomic E-state index is 12.9. The molecule has 0 radical (unpaired) electrons. The van der Waals surface area contributed by atoms with Gasteiger partial charge in [-0.1, -0.05) is 36.7 Å². The van der Waals surface area contributed by atoms with Crippen LogP contribution in [-0.4, -0.2) is 41.7 Å². The number of hydrogen-bond donors (Lipinski definition) is 1. The van der Waals surface area contributed by atoms with Crippen molar-refractivity contribution in [1.82, 2.24) is 4.90 Å². The van der Waals surface area contributed by atoms with Crippen molar-refractivity contribution in [2.75, 3.05) is 19.0 Å². The Balaban J connectivity index is 1.78. The van der Waals surface area contributed by atoms with E-state index in [1.165, 1.54) is 7.11 Å². The van der Waals surface area contributed by atoms with E-state index in [0.29, 0.717) is 27.8 Å². The van der Waals surface area contributed by atoms with E-state index in [9.17, 15) is 14.4 Å². The molecular formula is C25H27ClN2O5S. The lowest BCUT2D eigenvalue weighted by atomic mass is 10.1. The van der Waals surface area contributed by atoms with Gasteiger partial charge >= 0.3 is 0 Å². The summed E-state index contributed by atoms with van der Waals surface area (Å²) in [6.45, 7) is 7.31. The van der Waals surface area contributed by atoms with Crippen molar-refractivity contribution in [2.45, 2.75) is 40.2 Å². The van der Waals surface area contributed by atoms with Crippen LogP contribution in [0.25, 0.3) is 6.08 Å². The van der Waals surface area contributed by atoms with Gasteiger partial charge in [0.25, 0.3) is 11.1 Å². The van der Waals surface area contributed by atoms with Crippen molar-refractivity contribution < 1.29 is 23.9 Å². The van der Waals surface area contributed by atoms with Crippen LogP contribution in [0.1, 0.15) is 37.0 Å². The fourth-order valence-corrected chi connectivity index (χ4v) is 4.45. The van der Waals surface area contributed by atoms with Crippen LogP contribution in [0.3, 0.4) is 0 Å². The Labute approximate surface area is 208 Å². The predicted molar refractivity (Wildman–Crippen MR) is 136 cm³/mol. The fourth-order valence-electron chi connectivity index (χ4n) is 3.34. The number of methoxy groups -OCH3 is 1. The van der Waals surface area contributed by atoms with Crippen LogP contribution in [0.5, 0.6) is 11.5 Å². The molecule has 0 aromatic heterocycles. The van der Waals surface area contributed by atoms with Crippen LogP contribution < -0.4 is 14.8 Å². The molecule has 7 nitrogen and oxygen atoms in total. The molecule has 0 unspecified atom stereocenters. The van der Waals surface area contributed by atoms with Gasteiger partial charge in [0.05, 0.1) is 23.1 Å². The summed E-state index contributed by atoms with van der Waals surface area (Å²) in [5, 5.41) is 2.62. The molecule has 0 saturated carbocycles. The third kappa shape index (κ3) is 5.74. The molecule has 1 atom stereocenters. The number of imide groups is 1. The number of para-hydroxylation sites is 1. The topological polar surface area (TPSA) is 84.9 Å². The number of thioether (sulfide) groups is 1. The molecule has 0 bridgehead atoms. The molecule has 1 fully saturated rings. The second kappa shape index (κ2) is 11.0. The van der Waals surface area contributed by atoms with Crippen LogP contribution in [-0.2, 0) is 9.59 Å². The predicted octanol–water partition coefficient (Wildman–Crippen LogP) is 5.82. The van der Waals surface area contributed by atoms with Crippen molar-refractivity contribution in [1.29, 1.82) is 0 Å². The van der Waals surface area contributed by atoms with Crippen LogP contribution >= 0.6 is 23.4 Å². The van der Waals surface area contributed by atoms with E-state index >= 15 is 0 Å². The number of nitrogens with zero attached hydrogens (tertiary/aromatic N) is 1. The highest BCUT2D eigenvalue weighted by Gasteiger charge is 2.36. The molecule has 34 heavy (non-hydrogen) atoms. The summed E-state index contributed by atoms with van der Waals surface area (Å²) in [6.07, 6.45) is 2.30. The number of benzene rings is 2. The number of hydrogen-bond acceptors (Lipinski definition) is 6. The molecular weight excluding hydrogens is 476 g/mol. The minimum absolute atomic E-state index is 0.0524. The number of aryl methyl sites for hydroxylation is 2. The Hall–Kier alpha value is -2.97. The summed E-state index contributed by atoms with van der Waals surface area (Å²) in [5.41, 5.74) is 3.04. The maximum Gasteiger partial charge on any atom is 0.294 e. The van der Waals surface area contributed by atoms with Gasteiger partial charge in [-0.05, 0) is 73.9 Å². The van der Waals surface area contributed by atoms with Gasteiger partial charge in [-0.25, -0.2) is 0 Å². The normalized spacial score (nSPS) is 15.6. The molecule has 180 valence electrons. The lowest BCUT2D eigenvalue weighted by Gasteiger charge is -2.17. The highest BCUT2D eigenvalue weighted by molar-refractivity contribution is 8.18.